The summed E-state index contributed by atoms with van der Waals surface area (Å²) in [6.07, 6.45) is 3.59. The Bertz CT molecular complexity index is 708. The van der Waals surface area contributed by atoms with Crippen LogP contribution < -0.4 is 15.8 Å². The van der Waals surface area contributed by atoms with Crippen LogP contribution >= 0.6 is 35.5 Å². The van der Waals surface area contributed by atoms with Gasteiger partial charge in [0.25, 0.3) is 0 Å². The lowest BCUT2D eigenvalue weighted by molar-refractivity contribution is -0.117. The van der Waals surface area contributed by atoms with Crippen LogP contribution in [-0.4, -0.2) is 35.5 Å². The largest absolute Gasteiger partial charge is 0.493 e. The summed E-state index contributed by atoms with van der Waals surface area (Å²) in [4.78, 5) is 16.5. The third kappa shape index (κ3) is 4.42. The number of fused-ring (bicyclic) bond motifs is 1. The second-order valence-electron chi connectivity index (χ2n) is 5.34. The number of rotatable bonds is 6. The first kappa shape index (κ1) is 19.1. The molecule has 0 saturated carbocycles. The highest BCUT2D eigenvalue weighted by Crippen LogP contribution is 2.31. The monoisotopic (exact) mass is 385 g/mol. The summed E-state index contributed by atoms with van der Waals surface area (Å²) in [5, 5.41) is 5.33. The van der Waals surface area contributed by atoms with Crippen molar-refractivity contribution in [2.45, 2.75) is 18.9 Å². The molecule has 3 N–H and O–H groups in total. The van der Waals surface area contributed by atoms with Gasteiger partial charge in [0.1, 0.15) is 5.75 Å². The van der Waals surface area contributed by atoms with Crippen LogP contribution in [0.25, 0.3) is 11.3 Å². The van der Waals surface area contributed by atoms with Gasteiger partial charge in [0.05, 0.1) is 18.3 Å². The van der Waals surface area contributed by atoms with Gasteiger partial charge in [-0.2, -0.15) is 11.8 Å². The number of benzene rings is 1. The van der Waals surface area contributed by atoms with Crippen molar-refractivity contribution in [3.05, 3.63) is 29.1 Å². The summed E-state index contributed by atoms with van der Waals surface area (Å²) in [7, 11) is 0. The van der Waals surface area contributed by atoms with Crippen LogP contribution in [0.1, 0.15) is 12.0 Å². The van der Waals surface area contributed by atoms with E-state index in [1.807, 2.05) is 23.8 Å². The van der Waals surface area contributed by atoms with E-state index in [1.54, 1.807) is 11.8 Å². The number of thiazole rings is 1. The van der Waals surface area contributed by atoms with Crippen molar-refractivity contribution in [3.8, 4) is 17.0 Å². The SMILES string of the molecule is CSCC[C@H](N)C(=O)Nc1nc(-c2ccc3c(c2)CCO3)cs1.Cl. The van der Waals surface area contributed by atoms with Crippen LogP contribution in [0.15, 0.2) is 23.6 Å². The zero-order chi connectivity index (χ0) is 16.2. The number of carbonyl (C=O) groups is 1. The Hall–Kier alpha value is -1.28. The van der Waals surface area contributed by atoms with E-state index in [0.717, 1.165) is 35.8 Å². The summed E-state index contributed by atoms with van der Waals surface area (Å²) in [6.45, 7) is 0.741. The number of halogens is 1. The molecule has 1 aromatic carbocycles. The van der Waals surface area contributed by atoms with Crippen LogP contribution in [0, 0.1) is 0 Å². The number of carbonyl (C=O) groups excluding carboxylic acids is 1. The average Bonchev–Trinajstić information content (AvgIpc) is 3.20. The number of anilines is 1. The number of nitrogens with zero attached hydrogens (tertiary/aromatic N) is 1. The van der Waals surface area contributed by atoms with E-state index in [1.165, 1.54) is 16.9 Å². The summed E-state index contributed by atoms with van der Waals surface area (Å²) in [6, 6.07) is 5.59. The lowest BCUT2D eigenvalue weighted by atomic mass is 10.1. The van der Waals surface area contributed by atoms with Gasteiger partial charge in [0, 0.05) is 17.4 Å². The molecule has 0 spiro atoms. The fourth-order valence-electron chi connectivity index (χ4n) is 2.38. The fraction of sp³-hybridized carbons (Fsp3) is 0.375. The fourth-order valence-corrected chi connectivity index (χ4v) is 3.60. The van der Waals surface area contributed by atoms with Gasteiger partial charge in [-0.25, -0.2) is 4.98 Å². The molecule has 8 heteroatoms. The Morgan fingerprint density at radius 3 is 3.17 bits per heavy atom. The summed E-state index contributed by atoms with van der Waals surface area (Å²) >= 11 is 3.09. The molecule has 1 aliphatic heterocycles. The minimum absolute atomic E-state index is 0. The van der Waals surface area contributed by atoms with E-state index in [0.29, 0.717) is 11.6 Å². The Kier molecular flexibility index (Phi) is 6.91. The molecule has 1 aromatic heterocycles. The molecule has 3 rings (SSSR count). The highest BCUT2D eigenvalue weighted by Gasteiger charge is 2.16. The maximum Gasteiger partial charge on any atom is 0.243 e. The van der Waals surface area contributed by atoms with E-state index in [9.17, 15) is 4.79 Å². The summed E-state index contributed by atoms with van der Waals surface area (Å²) < 4.78 is 5.52. The molecule has 5 nitrogen and oxygen atoms in total. The van der Waals surface area contributed by atoms with Crippen molar-refractivity contribution in [2.75, 3.05) is 23.9 Å². The zero-order valence-electron chi connectivity index (χ0n) is 13.3. The molecule has 2 heterocycles. The molecule has 130 valence electrons. The standard InChI is InChI=1S/C16H19N3O2S2.ClH/c1-22-7-5-12(17)15(20)19-16-18-13(9-23-16)10-2-3-14-11(8-10)4-6-21-14;/h2-3,8-9,12H,4-7,17H2,1H3,(H,18,19,20);1H/t12-;/m0./s1. The van der Waals surface area contributed by atoms with Gasteiger partial charge in [0.2, 0.25) is 5.91 Å². The second-order valence-corrected chi connectivity index (χ2v) is 7.18. The molecular weight excluding hydrogens is 366 g/mol. The Labute approximate surface area is 155 Å². The number of hydrogen-bond acceptors (Lipinski definition) is 6. The molecule has 0 bridgehead atoms. The number of nitrogens with two attached hydrogens (primary N) is 1. The van der Waals surface area contributed by atoms with E-state index in [4.69, 9.17) is 10.5 Å². The predicted octanol–water partition coefficient (Wildman–Crippen LogP) is 3.19. The third-order valence-corrected chi connectivity index (χ3v) is 5.09. The van der Waals surface area contributed by atoms with Crippen LogP contribution in [-0.2, 0) is 11.2 Å². The molecule has 0 fully saturated rings. The number of aromatic nitrogens is 1. The van der Waals surface area contributed by atoms with Crippen molar-refractivity contribution in [2.24, 2.45) is 5.73 Å². The maximum absolute atomic E-state index is 12.0. The summed E-state index contributed by atoms with van der Waals surface area (Å²) in [5.74, 6) is 1.65. The predicted molar refractivity (Wildman–Crippen MR) is 104 cm³/mol. The normalized spacial score (nSPS) is 13.6. The first-order chi connectivity index (χ1) is 11.2. The van der Waals surface area contributed by atoms with Crippen molar-refractivity contribution in [1.29, 1.82) is 0 Å². The minimum Gasteiger partial charge on any atom is -0.493 e. The van der Waals surface area contributed by atoms with Gasteiger partial charge in [-0.3, -0.25) is 4.79 Å². The molecule has 1 aliphatic rings. The van der Waals surface area contributed by atoms with Gasteiger partial charge >= 0.3 is 0 Å². The first-order valence-corrected chi connectivity index (χ1v) is 9.71. The lowest BCUT2D eigenvalue weighted by Crippen LogP contribution is -2.36. The van der Waals surface area contributed by atoms with E-state index < -0.39 is 6.04 Å². The Morgan fingerprint density at radius 1 is 1.54 bits per heavy atom. The maximum atomic E-state index is 12.0. The number of amides is 1. The molecule has 0 aliphatic carbocycles. The van der Waals surface area contributed by atoms with Crippen molar-refractivity contribution in [3.63, 3.8) is 0 Å². The zero-order valence-corrected chi connectivity index (χ0v) is 15.7. The number of ether oxygens (including phenoxy) is 1. The average molecular weight is 386 g/mol. The van der Waals surface area contributed by atoms with Gasteiger partial charge in [-0.05, 0) is 42.2 Å². The third-order valence-electron chi connectivity index (χ3n) is 3.69. The second kappa shape index (κ2) is 8.71. The Morgan fingerprint density at radius 2 is 2.38 bits per heavy atom. The quantitative estimate of drug-likeness (QED) is 0.798. The highest BCUT2D eigenvalue weighted by molar-refractivity contribution is 7.98. The van der Waals surface area contributed by atoms with Gasteiger partial charge in [-0.1, -0.05) is 0 Å². The molecule has 24 heavy (non-hydrogen) atoms. The van der Waals surface area contributed by atoms with Crippen molar-refractivity contribution < 1.29 is 9.53 Å². The van der Waals surface area contributed by atoms with Crippen LogP contribution in [0.2, 0.25) is 0 Å². The molecule has 1 atom stereocenters. The molecule has 0 radical (unpaired) electrons. The molecule has 0 saturated heterocycles. The number of hydrogen-bond donors (Lipinski definition) is 2. The van der Waals surface area contributed by atoms with Gasteiger partial charge in [-0.15, -0.1) is 23.7 Å². The van der Waals surface area contributed by atoms with E-state index in [2.05, 4.69) is 16.4 Å². The van der Waals surface area contributed by atoms with E-state index in [-0.39, 0.29) is 18.3 Å². The van der Waals surface area contributed by atoms with Crippen molar-refractivity contribution >= 4 is 46.5 Å². The number of thioether (sulfide) groups is 1. The highest BCUT2D eigenvalue weighted by atomic mass is 35.5. The molecule has 0 unspecified atom stereocenters. The summed E-state index contributed by atoms with van der Waals surface area (Å²) in [5.41, 5.74) is 8.98. The van der Waals surface area contributed by atoms with Crippen LogP contribution in [0.5, 0.6) is 5.75 Å². The van der Waals surface area contributed by atoms with Crippen LogP contribution in [0.3, 0.4) is 0 Å². The van der Waals surface area contributed by atoms with E-state index >= 15 is 0 Å². The topological polar surface area (TPSA) is 77.2 Å². The molecular formula is C16H20ClN3O2S2. The van der Waals surface area contributed by atoms with Crippen molar-refractivity contribution in [1.82, 2.24) is 4.98 Å². The van der Waals surface area contributed by atoms with Crippen LogP contribution in [0.4, 0.5) is 5.13 Å². The smallest absolute Gasteiger partial charge is 0.243 e. The van der Waals surface area contributed by atoms with Gasteiger partial charge in [0.15, 0.2) is 5.13 Å². The lowest BCUT2D eigenvalue weighted by Gasteiger charge is -2.09. The van der Waals surface area contributed by atoms with Gasteiger partial charge < -0.3 is 15.8 Å². The molecule has 2 aromatic rings. The molecule has 1 amide bonds. The first-order valence-electron chi connectivity index (χ1n) is 7.44. The Balaban J connectivity index is 0.00000208. The minimum atomic E-state index is -0.494. The number of nitrogens with one attached hydrogen (secondary N) is 1.